The van der Waals surface area contributed by atoms with Gasteiger partial charge in [0.2, 0.25) is 5.91 Å². The molecule has 0 aliphatic rings. The van der Waals surface area contributed by atoms with Gasteiger partial charge in [-0.1, -0.05) is 30.7 Å². The summed E-state index contributed by atoms with van der Waals surface area (Å²) in [4.78, 5) is 12.0. The van der Waals surface area contributed by atoms with Crippen molar-refractivity contribution in [2.45, 2.75) is 33.7 Å². The van der Waals surface area contributed by atoms with E-state index in [-0.39, 0.29) is 17.9 Å². The number of hydrogen-bond acceptors (Lipinski definition) is 2. The predicted molar refractivity (Wildman–Crippen MR) is 75.6 cm³/mol. The van der Waals surface area contributed by atoms with Gasteiger partial charge in [-0.3, -0.25) is 4.79 Å². The molecule has 100 valence electrons. The van der Waals surface area contributed by atoms with Crippen molar-refractivity contribution < 1.29 is 4.79 Å². The summed E-state index contributed by atoms with van der Waals surface area (Å²) >= 11 is 0. The molecule has 0 bridgehead atoms. The van der Waals surface area contributed by atoms with Gasteiger partial charge in [0.15, 0.2) is 0 Å². The molecule has 1 rings (SSSR count). The summed E-state index contributed by atoms with van der Waals surface area (Å²) < 4.78 is 0. The summed E-state index contributed by atoms with van der Waals surface area (Å²) in [6.45, 7) is 8.81. The van der Waals surface area contributed by atoms with Gasteiger partial charge in [-0.15, -0.1) is 0 Å². The fraction of sp³-hybridized carbons (Fsp3) is 0.533. The highest BCUT2D eigenvalue weighted by atomic mass is 16.1. The summed E-state index contributed by atoms with van der Waals surface area (Å²) in [6, 6.07) is 6.39. The molecule has 1 aromatic rings. The molecule has 2 N–H and O–H groups in total. The van der Waals surface area contributed by atoms with Crippen molar-refractivity contribution in [2.24, 2.45) is 5.92 Å². The maximum Gasteiger partial charge on any atom is 0.224 e. The number of amides is 1. The van der Waals surface area contributed by atoms with E-state index >= 15 is 0 Å². The molecule has 0 heterocycles. The lowest BCUT2D eigenvalue weighted by Crippen LogP contribution is -2.36. The first-order chi connectivity index (χ1) is 8.45. The Hall–Kier alpha value is -1.35. The van der Waals surface area contributed by atoms with Crippen LogP contribution in [-0.4, -0.2) is 19.5 Å². The average Bonchev–Trinajstić information content (AvgIpc) is 2.32. The zero-order chi connectivity index (χ0) is 13.7. The Balaban J connectivity index is 2.73. The van der Waals surface area contributed by atoms with E-state index < -0.39 is 0 Å². The van der Waals surface area contributed by atoms with Crippen LogP contribution in [0.2, 0.25) is 0 Å². The monoisotopic (exact) mass is 248 g/mol. The van der Waals surface area contributed by atoms with Crippen LogP contribution in [0, 0.1) is 19.8 Å². The van der Waals surface area contributed by atoms with E-state index in [9.17, 15) is 4.79 Å². The maximum atomic E-state index is 12.0. The molecule has 0 fully saturated rings. The largest absolute Gasteiger partial charge is 0.349 e. The Bertz CT molecular complexity index is 415. The molecular formula is C15H24N2O. The van der Waals surface area contributed by atoms with Crippen molar-refractivity contribution >= 4 is 5.91 Å². The van der Waals surface area contributed by atoms with Gasteiger partial charge in [0.05, 0.1) is 6.04 Å². The number of nitrogens with one attached hydrogen (secondary N) is 2. The van der Waals surface area contributed by atoms with Crippen molar-refractivity contribution in [3.63, 3.8) is 0 Å². The van der Waals surface area contributed by atoms with E-state index in [1.165, 1.54) is 16.7 Å². The minimum Gasteiger partial charge on any atom is -0.349 e. The van der Waals surface area contributed by atoms with Gasteiger partial charge >= 0.3 is 0 Å². The van der Waals surface area contributed by atoms with Gasteiger partial charge in [0.25, 0.3) is 0 Å². The molecule has 0 aromatic heterocycles. The van der Waals surface area contributed by atoms with E-state index in [2.05, 4.69) is 42.7 Å². The van der Waals surface area contributed by atoms with Gasteiger partial charge in [0.1, 0.15) is 0 Å². The Morgan fingerprint density at radius 1 is 1.28 bits per heavy atom. The van der Waals surface area contributed by atoms with E-state index in [1.54, 1.807) is 0 Å². The minimum absolute atomic E-state index is 0.0115. The molecule has 0 aliphatic heterocycles. The van der Waals surface area contributed by atoms with Gasteiger partial charge in [-0.25, -0.2) is 0 Å². The minimum atomic E-state index is -0.0115. The highest BCUT2D eigenvalue weighted by Crippen LogP contribution is 2.19. The number of aryl methyl sites for hydroxylation is 2. The fourth-order valence-electron chi connectivity index (χ4n) is 2.06. The van der Waals surface area contributed by atoms with Crippen molar-refractivity contribution in [3.8, 4) is 0 Å². The number of rotatable bonds is 5. The summed E-state index contributed by atoms with van der Waals surface area (Å²) in [5.41, 5.74) is 3.63. The van der Waals surface area contributed by atoms with Crippen LogP contribution in [0.1, 0.15) is 36.6 Å². The standard InChI is InChI=1S/C15H24N2O/c1-10-6-7-11(2)14(8-10)13(4)17-15(18)12(3)9-16-5/h6-8,12-13,16H,9H2,1-5H3,(H,17,18). The summed E-state index contributed by atoms with van der Waals surface area (Å²) in [7, 11) is 1.86. The fourth-order valence-corrected chi connectivity index (χ4v) is 2.06. The summed E-state index contributed by atoms with van der Waals surface area (Å²) in [5.74, 6) is 0.0836. The van der Waals surface area contributed by atoms with Crippen LogP contribution < -0.4 is 10.6 Å². The molecule has 0 saturated carbocycles. The highest BCUT2D eigenvalue weighted by molar-refractivity contribution is 5.79. The van der Waals surface area contributed by atoms with Crippen LogP contribution in [0.4, 0.5) is 0 Å². The van der Waals surface area contributed by atoms with E-state index in [0.29, 0.717) is 6.54 Å². The van der Waals surface area contributed by atoms with Crippen molar-refractivity contribution in [1.82, 2.24) is 10.6 Å². The normalized spacial score (nSPS) is 14.1. The molecule has 0 saturated heterocycles. The Morgan fingerprint density at radius 2 is 1.94 bits per heavy atom. The van der Waals surface area contributed by atoms with Gasteiger partial charge < -0.3 is 10.6 Å². The molecular weight excluding hydrogens is 224 g/mol. The SMILES string of the molecule is CNCC(C)C(=O)NC(C)c1cc(C)ccc1C. The molecule has 1 aromatic carbocycles. The molecule has 3 nitrogen and oxygen atoms in total. The van der Waals surface area contributed by atoms with E-state index in [1.807, 2.05) is 20.9 Å². The second-order valence-corrected chi connectivity index (χ2v) is 5.05. The second-order valence-electron chi connectivity index (χ2n) is 5.05. The van der Waals surface area contributed by atoms with Crippen LogP contribution in [0.15, 0.2) is 18.2 Å². The van der Waals surface area contributed by atoms with E-state index in [0.717, 1.165) is 0 Å². The van der Waals surface area contributed by atoms with Gasteiger partial charge in [-0.2, -0.15) is 0 Å². The molecule has 0 aliphatic carbocycles. The molecule has 0 radical (unpaired) electrons. The highest BCUT2D eigenvalue weighted by Gasteiger charge is 2.16. The Labute approximate surface area is 110 Å². The first-order valence-electron chi connectivity index (χ1n) is 6.47. The van der Waals surface area contributed by atoms with Crippen molar-refractivity contribution in [3.05, 3.63) is 34.9 Å². The first-order valence-corrected chi connectivity index (χ1v) is 6.47. The molecule has 2 unspecified atom stereocenters. The molecule has 3 heteroatoms. The first kappa shape index (κ1) is 14.7. The molecule has 18 heavy (non-hydrogen) atoms. The third-order valence-corrected chi connectivity index (χ3v) is 3.22. The van der Waals surface area contributed by atoms with Crippen molar-refractivity contribution in [2.75, 3.05) is 13.6 Å². The van der Waals surface area contributed by atoms with Crippen molar-refractivity contribution in [1.29, 1.82) is 0 Å². The number of benzene rings is 1. The van der Waals surface area contributed by atoms with Crippen LogP contribution in [0.5, 0.6) is 0 Å². The topological polar surface area (TPSA) is 41.1 Å². The van der Waals surface area contributed by atoms with Crippen LogP contribution >= 0.6 is 0 Å². The van der Waals surface area contributed by atoms with Crippen LogP contribution in [0.25, 0.3) is 0 Å². The zero-order valence-corrected chi connectivity index (χ0v) is 12.0. The Kier molecular flexibility index (Phi) is 5.35. The lowest BCUT2D eigenvalue weighted by atomic mass is 9.99. The lowest BCUT2D eigenvalue weighted by Gasteiger charge is -2.20. The molecule has 2 atom stereocenters. The third-order valence-electron chi connectivity index (χ3n) is 3.22. The van der Waals surface area contributed by atoms with E-state index in [4.69, 9.17) is 0 Å². The lowest BCUT2D eigenvalue weighted by molar-refractivity contribution is -0.125. The second kappa shape index (κ2) is 6.55. The number of hydrogen-bond donors (Lipinski definition) is 2. The van der Waals surface area contributed by atoms with Crippen LogP contribution in [0.3, 0.4) is 0 Å². The zero-order valence-electron chi connectivity index (χ0n) is 12.0. The smallest absolute Gasteiger partial charge is 0.224 e. The predicted octanol–water partition coefficient (Wildman–Crippen LogP) is 2.34. The maximum absolute atomic E-state index is 12.0. The summed E-state index contributed by atoms with van der Waals surface area (Å²) in [5, 5.41) is 6.09. The number of carbonyl (C=O) groups is 1. The molecule has 0 spiro atoms. The Morgan fingerprint density at radius 3 is 2.56 bits per heavy atom. The third kappa shape index (κ3) is 3.84. The summed E-state index contributed by atoms with van der Waals surface area (Å²) in [6.07, 6.45) is 0. The molecule has 1 amide bonds. The average molecular weight is 248 g/mol. The van der Waals surface area contributed by atoms with Gasteiger partial charge in [-0.05, 0) is 38.9 Å². The quantitative estimate of drug-likeness (QED) is 0.839. The van der Waals surface area contributed by atoms with Crippen LogP contribution in [-0.2, 0) is 4.79 Å². The number of carbonyl (C=O) groups excluding carboxylic acids is 1. The van der Waals surface area contributed by atoms with Gasteiger partial charge in [0, 0.05) is 12.5 Å².